The molecule has 3 rings (SSSR count). The number of nitrogens with one attached hydrogen (secondary N) is 1. The molecule has 8 nitrogen and oxygen atoms in total. The van der Waals surface area contributed by atoms with Crippen molar-refractivity contribution in [1.82, 2.24) is 5.43 Å². The van der Waals surface area contributed by atoms with E-state index in [0.717, 1.165) is 0 Å². The number of amides is 1. The fraction of sp³-hybridized carbons (Fsp3) is 0.160. The third kappa shape index (κ3) is 6.26. The summed E-state index contributed by atoms with van der Waals surface area (Å²) in [5.41, 5.74) is 3.73. The Bertz CT molecular complexity index is 1180. The maximum Gasteiger partial charge on any atom is 0.343 e. The highest BCUT2D eigenvalue weighted by Crippen LogP contribution is 2.37. The van der Waals surface area contributed by atoms with Gasteiger partial charge in [0, 0.05) is 5.56 Å². The molecule has 3 aromatic carbocycles. The fourth-order valence-corrected chi connectivity index (χ4v) is 3.13. The van der Waals surface area contributed by atoms with E-state index in [-0.39, 0.29) is 22.4 Å². The Kier molecular flexibility index (Phi) is 8.48. The second kappa shape index (κ2) is 11.7. The molecule has 1 amide bonds. The van der Waals surface area contributed by atoms with Crippen molar-refractivity contribution in [1.29, 1.82) is 0 Å². The smallest absolute Gasteiger partial charge is 0.343 e. The molecule has 9 heteroatoms. The summed E-state index contributed by atoms with van der Waals surface area (Å²) in [7, 11) is 3.09. The lowest BCUT2D eigenvalue weighted by Gasteiger charge is -2.13. The van der Waals surface area contributed by atoms with Gasteiger partial charge in [-0.25, -0.2) is 10.2 Å². The number of halogens is 1. The van der Waals surface area contributed by atoms with Crippen LogP contribution in [0.15, 0.2) is 65.8 Å². The van der Waals surface area contributed by atoms with Crippen molar-refractivity contribution in [2.45, 2.75) is 6.92 Å². The number of ether oxygens (including phenoxy) is 4. The van der Waals surface area contributed by atoms with Gasteiger partial charge < -0.3 is 18.9 Å². The largest absolute Gasteiger partial charge is 0.497 e. The molecule has 0 aliphatic carbocycles. The van der Waals surface area contributed by atoms with Crippen LogP contribution in [0, 0.1) is 0 Å². The van der Waals surface area contributed by atoms with Crippen LogP contribution in [0.25, 0.3) is 0 Å². The first-order valence-electron chi connectivity index (χ1n) is 10.2. The molecule has 34 heavy (non-hydrogen) atoms. The Morgan fingerprint density at radius 3 is 2.09 bits per heavy atom. The van der Waals surface area contributed by atoms with E-state index in [1.807, 2.05) is 0 Å². The van der Waals surface area contributed by atoms with Gasteiger partial charge in [0.1, 0.15) is 11.5 Å². The molecule has 0 saturated carbocycles. The zero-order chi connectivity index (χ0) is 24.5. The van der Waals surface area contributed by atoms with Crippen LogP contribution >= 0.6 is 11.6 Å². The van der Waals surface area contributed by atoms with Crippen LogP contribution < -0.4 is 24.4 Å². The monoisotopic (exact) mass is 482 g/mol. The fourth-order valence-electron chi connectivity index (χ4n) is 2.88. The maximum atomic E-state index is 12.6. The summed E-state index contributed by atoms with van der Waals surface area (Å²) >= 11 is 6.38. The quantitative estimate of drug-likeness (QED) is 0.205. The van der Waals surface area contributed by atoms with Crippen molar-refractivity contribution in [3.63, 3.8) is 0 Å². The van der Waals surface area contributed by atoms with E-state index >= 15 is 0 Å². The Morgan fingerprint density at radius 2 is 1.53 bits per heavy atom. The molecule has 0 spiro atoms. The molecule has 0 aliphatic heterocycles. The molecule has 0 aromatic heterocycles. The van der Waals surface area contributed by atoms with Gasteiger partial charge in [-0.05, 0) is 73.2 Å². The molecule has 176 valence electrons. The van der Waals surface area contributed by atoms with Gasteiger partial charge in [-0.3, -0.25) is 4.79 Å². The van der Waals surface area contributed by atoms with Gasteiger partial charge >= 0.3 is 5.97 Å². The Labute approximate surface area is 202 Å². The van der Waals surface area contributed by atoms with E-state index in [1.165, 1.54) is 13.3 Å². The molecule has 0 bridgehead atoms. The molecule has 0 fully saturated rings. The molecule has 0 radical (unpaired) electrons. The molecule has 0 aliphatic rings. The first-order chi connectivity index (χ1) is 16.4. The Morgan fingerprint density at radius 1 is 0.941 bits per heavy atom. The number of rotatable bonds is 9. The van der Waals surface area contributed by atoms with Crippen molar-refractivity contribution in [3.05, 3.63) is 82.4 Å². The van der Waals surface area contributed by atoms with Crippen LogP contribution in [-0.2, 0) is 0 Å². The number of methoxy groups -OCH3 is 2. The van der Waals surface area contributed by atoms with E-state index in [9.17, 15) is 9.59 Å². The number of hydrazone groups is 1. The molecular weight excluding hydrogens is 460 g/mol. The Balaban J connectivity index is 1.74. The van der Waals surface area contributed by atoms with E-state index in [2.05, 4.69) is 10.5 Å². The summed E-state index contributed by atoms with van der Waals surface area (Å²) in [5.74, 6) is 0.625. The SMILES string of the molecule is CCOc1cc(C=NNC(=O)c2ccc(OC)cc2)cc(Cl)c1OC(=O)c1ccc(OC)cc1. The van der Waals surface area contributed by atoms with E-state index < -0.39 is 5.97 Å². The summed E-state index contributed by atoms with van der Waals surface area (Å²) in [6, 6.07) is 16.2. The van der Waals surface area contributed by atoms with Crippen LogP contribution in [0.1, 0.15) is 33.2 Å². The second-order valence-electron chi connectivity index (χ2n) is 6.81. The molecule has 0 heterocycles. The Hall–Kier alpha value is -4.04. The standard InChI is InChI=1S/C25H23ClN2O6/c1-4-33-22-14-16(15-27-28-24(29)17-5-9-19(31-2)10-6-17)13-21(26)23(22)34-25(30)18-7-11-20(32-3)12-8-18/h5-15H,4H2,1-3H3,(H,28,29). The third-order valence-corrected chi connectivity index (χ3v) is 4.86. The first kappa shape index (κ1) is 24.6. The number of esters is 1. The van der Waals surface area contributed by atoms with E-state index in [0.29, 0.717) is 34.8 Å². The molecular formula is C25H23ClN2O6. The average Bonchev–Trinajstić information content (AvgIpc) is 2.86. The minimum Gasteiger partial charge on any atom is -0.497 e. The predicted octanol–water partition coefficient (Wildman–Crippen LogP) is 4.74. The van der Waals surface area contributed by atoms with Crippen molar-refractivity contribution >= 4 is 29.7 Å². The lowest BCUT2D eigenvalue weighted by Crippen LogP contribution is -2.17. The highest BCUT2D eigenvalue weighted by Gasteiger charge is 2.17. The van der Waals surface area contributed by atoms with Gasteiger partial charge in [-0.15, -0.1) is 0 Å². The average molecular weight is 483 g/mol. The number of hydrogen-bond donors (Lipinski definition) is 1. The topological polar surface area (TPSA) is 95.5 Å². The van der Waals surface area contributed by atoms with E-state index in [1.54, 1.807) is 74.7 Å². The van der Waals surface area contributed by atoms with Crippen molar-refractivity contribution < 1.29 is 28.5 Å². The minimum absolute atomic E-state index is 0.0868. The zero-order valence-electron chi connectivity index (χ0n) is 18.8. The third-order valence-electron chi connectivity index (χ3n) is 4.58. The van der Waals surface area contributed by atoms with Crippen molar-refractivity contribution in [2.24, 2.45) is 5.10 Å². The van der Waals surface area contributed by atoms with Gasteiger partial charge in [0.25, 0.3) is 5.91 Å². The van der Waals surface area contributed by atoms with E-state index in [4.69, 9.17) is 30.5 Å². The van der Waals surface area contributed by atoms with Gasteiger partial charge in [-0.1, -0.05) is 11.6 Å². The van der Waals surface area contributed by atoms with Crippen molar-refractivity contribution in [3.8, 4) is 23.0 Å². The number of carbonyl (C=O) groups is 2. The van der Waals surface area contributed by atoms with Gasteiger partial charge in [-0.2, -0.15) is 5.10 Å². The summed E-state index contributed by atoms with van der Waals surface area (Å²) in [4.78, 5) is 24.8. The van der Waals surface area contributed by atoms with Gasteiger partial charge in [0.2, 0.25) is 0 Å². The van der Waals surface area contributed by atoms with Crippen LogP contribution in [0.5, 0.6) is 23.0 Å². The molecule has 3 aromatic rings. The zero-order valence-corrected chi connectivity index (χ0v) is 19.6. The molecule has 0 unspecified atom stereocenters. The summed E-state index contributed by atoms with van der Waals surface area (Å²) in [5, 5.41) is 4.12. The van der Waals surface area contributed by atoms with Crippen LogP contribution in [0.4, 0.5) is 0 Å². The second-order valence-corrected chi connectivity index (χ2v) is 7.22. The molecule has 0 saturated heterocycles. The predicted molar refractivity (Wildman–Crippen MR) is 129 cm³/mol. The minimum atomic E-state index is -0.598. The van der Waals surface area contributed by atoms with Crippen LogP contribution in [0.2, 0.25) is 5.02 Å². The van der Waals surface area contributed by atoms with Crippen LogP contribution in [-0.4, -0.2) is 38.9 Å². The molecule has 0 atom stereocenters. The summed E-state index contributed by atoms with van der Waals surface area (Å²) < 4.78 is 21.3. The highest BCUT2D eigenvalue weighted by molar-refractivity contribution is 6.32. The number of carbonyl (C=O) groups excluding carboxylic acids is 2. The van der Waals surface area contributed by atoms with Crippen LogP contribution in [0.3, 0.4) is 0 Å². The maximum absolute atomic E-state index is 12.6. The van der Waals surface area contributed by atoms with Gasteiger partial charge in [0.05, 0.1) is 37.6 Å². The lowest BCUT2D eigenvalue weighted by atomic mass is 10.2. The summed E-state index contributed by atoms with van der Waals surface area (Å²) in [6.45, 7) is 2.11. The molecule has 1 N–H and O–H groups in total. The highest BCUT2D eigenvalue weighted by atomic mass is 35.5. The normalized spacial score (nSPS) is 10.6. The number of nitrogens with zero attached hydrogens (tertiary/aromatic N) is 1. The van der Waals surface area contributed by atoms with Crippen molar-refractivity contribution in [2.75, 3.05) is 20.8 Å². The number of hydrogen-bond acceptors (Lipinski definition) is 7. The number of benzene rings is 3. The summed E-state index contributed by atoms with van der Waals surface area (Å²) in [6.07, 6.45) is 1.41. The lowest BCUT2D eigenvalue weighted by molar-refractivity contribution is 0.0728. The first-order valence-corrected chi connectivity index (χ1v) is 10.6. The van der Waals surface area contributed by atoms with Gasteiger partial charge in [0.15, 0.2) is 11.5 Å².